The van der Waals surface area contributed by atoms with Crippen LogP contribution in [0.2, 0.25) is 0 Å². The van der Waals surface area contributed by atoms with Crippen molar-refractivity contribution < 1.29 is 4.74 Å². The summed E-state index contributed by atoms with van der Waals surface area (Å²) in [6.45, 7) is 2.68. The van der Waals surface area contributed by atoms with Crippen molar-refractivity contribution in [2.24, 2.45) is 5.73 Å². The first kappa shape index (κ1) is 13.4. The van der Waals surface area contributed by atoms with Gasteiger partial charge in [0, 0.05) is 11.8 Å². The number of methoxy groups -OCH3 is 1. The van der Waals surface area contributed by atoms with Crippen LogP contribution in [-0.2, 0) is 6.42 Å². The molecule has 100 valence electrons. The molecule has 0 bridgehead atoms. The zero-order valence-corrected chi connectivity index (χ0v) is 11.3. The summed E-state index contributed by atoms with van der Waals surface area (Å²) in [4.78, 5) is 4.39. The first-order valence-electron chi connectivity index (χ1n) is 6.30. The number of aromatic nitrogens is 1. The van der Waals surface area contributed by atoms with Crippen LogP contribution in [0.4, 0.5) is 11.5 Å². The molecule has 4 heteroatoms. The fourth-order valence-corrected chi connectivity index (χ4v) is 1.81. The van der Waals surface area contributed by atoms with E-state index in [9.17, 15) is 0 Å². The summed E-state index contributed by atoms with van der Waals surface area (Å²) in [7, 11) is 1.61. The molecular weight excluding hydrogens is 238 g/mol. The van der Waals surface area contributed by atoms with E-state index in [0.29, 0.717) is 12.4 Å². The zero-order valence-electron chi connectivity index (χ0n) is 11.3. The normalized spacial score (nSPS) is 10.3. The Bertz CT molecular complexity index is 538. The number of hydrogen-bond donors (Lipinski definition) is 2. The molecule has 19 heavy (non-hydrogen) atoms. The van der Waals surface area contributed by atoms with E-state index >= 15 is 0 Å². The second-order valence-electron chi connectivity index (χ2n) is 4.38. The molecule has 0 spiro atoms. The minimum atomic E-state index is 0.604. The number of nitrogens with zero attached hydrogens (tertiary/aromatic N) is 1. The topological polar surface area (TPSA) is 60.2 Å². The van der Waals surface area contributed by atoms with Crippen LogP contribution in [0.25, 0.3) is 0 Å². The van der Waals surface area contributed by atoms with Crippen molar-refractivity contribution in [1.29, 1.82) is 0 Å². The van der Waals surface area contributed by atoms with Crippen LogP contribution in [0.1, 0.15) is 11.1 Å². The number of benzene rings is 1. The Morgan fingerprint density at radius 3 is 2.53 bits per heavy atom. The van der Waals surface area contributed by atoms with E-state index in [1.165, 1.54) is 5.56 Å². The number of anilines is 2. The lowest BCUT2D eigenvalue weighted by atomic mass is 10.1. The summed E-state index contributed by atoms with van der Waals surface area (Å²) in [5.74, 6) is 1.42. The largest absolute Gasteiger partial charge is 0.481 e. The summed E-state index contributed by atoms with van der Waals surface area (Å²) in [5.41, 5.74) is 8.85. The first-order valence-corrected chi connectivity index (χ1v) is 6.30. The van der Waals surface area contributed by atoms with Crippen molar-refractivity contribution in [3.8, 4) is 5.88 Å². The van der Waals surface area contributed by atoms with E-state index in [0.717, 1.165) is 23.5 Å². The molecule has 0 atom stereocenters. The fourth-order valence-electron chi connectivity index (χ4n) is 1.81. The molecule has 0 saturated heterocycles. The second kappa shape index (κ2) is 6.20. The minimum absolute atomic E-state index is 0.604. The molecule has 0 unspecified atom stereocenters. The number of ether oxygens (including phenoxy) is 1. The van der Waals surface area contributed by atoms with E-state index in [2.05, 4.69) is 22.4 Å². The third kappa shape index (κ3) is 3.45. The van der Waals surface area contributed by atoms with Gasteiger partial charge in [0.25, 0.3) is 0 Å². The maximum atomic E-state index is 5.53. The van der Waals surface area contributed by atoms with Gasteiger partial charge < -0.3 is 15.8 Å². The van der Waals surface area contributed by atoms with Gasteiger partial charge in [-0.2, -0.15) is 4.98 Å². The Labute approximate surface area is 113 Å². The van der Waals surface area contributed by atoms with Crippen molar-refractivity contribution in [3.63, 3.8) is 0 Å². The van der Waals surface area contributed by atoms with Crippen molar-refractivity contribution in [2.75, 3.05) is 19.0 Å². The zero-order chi connectivity index (χ0) is 13.7. The molecule has 4 nitrogen and oxygen atoms in total. The molecule has 0 aliphatic rings. The van der Waals surface area contributed by atoms with Gasteiger partial charge in [0.2, 0.25) is 5.88 Å². The van der Waals surface area contributed by atoms with Crippen molar-refractivity contribution in [3.05, 3.63) is 47.5 Å². The number of aryl methyl sites for hydroxylation is 1. The molecule has 1 heterocycles. The number of pyridine rings is 1. The van der Waals surface area contributed by atoms with Crippen LogP contribution in [-0.4, -0.2) is 18.6 Å². The van der Waals surface area contributed by atoms with Crippen molar-refractivity contribution in [2.45, 2.75) is 13.3 Å². The molecule has 2 rings (SSSR count). The van der Waals surface area contributed by atoms with Gasteiger partial charge in [0.05, 0.1) is 7.11 Å². The highest BCUT2D eigenvalue weighted by atomic mass is 16.5. The molecule has 0 aliphatic heterocycles. The molecule has 1 aromatic heterocycles. The Morgan fingerprint density at radius 1 is 1.16 bits per heavy atom. The van der Waals surface area contributed by atoms with E-state index in [1.807, 2.05) is 31.2 Å². The molecular formula is C15H19N3O. The number of nitrogens with one attached hydrogen (secondary N) is 1. The van der Waals surface area contributed by atoms with Crippen LogP contribution in [0.5, 0.6) is 5.88 Å². The molecule has 0 amide bonds. The second-order valence-corrected chi connectivity index (χ2v) is 4.38. The highest BCUT2D eigenvalue weighted by Gasteiger charge is 2.03. The molecule has 0 saturated carbocycles. The summed E-state index contributed by atoms with van der Waals surface area (Å²) in [6, 6.07) is 12.0. The highest BCUT2D eigenvalue weighted by Crippen LogP contribution is 2.21. The Kier molecular flexibility index (Phi) is 4.36. The average Bonchev–Trinajstić information content (AvgIpc) is 2.44. The molecule has 3 N–H and O–H groups in total. The summed E-state index contributed by atoms with van der Waals surface area (Å²) < 4.78 is 5.13. The summed E-state index contributed by atoms with van der Waals surface area (Å²) in [5, 5.41) is 3.29. The van der Waals surface area contributed by atoms with Gasteiger partial charge in [-0.1, -0.05) is 18.2 Å². The van der Waals surface area contributed by atoms with Crippen molar-refractivity contribution in [1.82, 2.24) is 4.98 Å². The number of rotatable bonds is 5. The third-order valence-corrected chi connectivity index (χ3v) is 2.93. The van der Waals surface area contributed by atoms with Gasteiger partial charge in [-0.25, -0.2) is 0 Å². The average molecular weight is 257 g/mol. The van der Waals surface area contributed by atoms with E-state index in [-0.39, 0.29) is 0 Å². The smallest absolute Gasteiger partial charge is 0.214 e. The van der Waals surface area contributed by atoms with Gasteiger partial charge >= 0.3 is 0 Å². The minimum Gasteiger partial charge on any atom is -0.481 e. The summed E-state index contributed by atoms with van der Waals surface area (Å²) in [6.07, 6.45) is 0.900. The lowest BCUT2D eigenvalue weighted by molar-refractivity contribution is 0.398. The van der Waals surface area contributed by atoms with Gasteiger partial charge in [-0.05, 0) is 43.1 Å². The highest BCUT2D eigenvalue weighted by molar-refractivity contribution is 5.60. The fraction of sp³-hybridized carbons (Fsp3) is 0.267. The molecule has 1 aromatic carbocycles. The summed E-state index contributed by atoms with van der Waals surface area (Å²) >= 11 is 0. The van der Waals surface area contributed by atoms with Gasteiger partial charge in [0.1, 0.15) is 5.82 Å². The Morgan fingerprint density at radius 2 is 1.89 bits per heavy atom. The molecule has 0 aliphatic carbocycles. The molecule has 0 fully saturated rings. The molecule has 2 aromatic rings. The number of nitrogens with two attached hydrogens (primary N) is 1. The SMILES string of the molecule is COc1ccc(C)c(Nc2ccc(CCN)cc2)n1. The monoisotopic (exact) mass is 257 g/mol. The molecule has 0 radical (unpaired) electrons. The van der Waals surface area contributed by atoms with Gasteiger partial charge in [0.15, 0.2) is 0 Å². The van der Waals surface area contributed by atoms with Crippen LogP contribution in [0, 0.1) is 6.92 Å². The van der Waals surface area contributed by atoms with Crippen LogP contribution >= 0.6 is 0 Å². The van der Waals surface area contributed by atoms with Gasteiger partial charge in [-0.15, -0.1) is 0 Å². The van der Waals surface area contributed by atoms with E-state index in [4.69, 9.17) is 10.5 Å². The lowest BCUT2D eigenvalue weighted by Crippen LogP contribution is -2.03. The Balaban J connectivity index is 2.16. The number of hydrogen-bond acceptors (Lipinski definition) is 4. The lowest BCUT2D eigenvalue weighted by Gasteiger charge is -2.10. The van der Waals surface area contributed by atoms with E-state index in [1.54, 1.807) is 7.11 Å². The third-order valence-electron chi connectivity index (χ3n) is 2.93. The Hall–Kier alpha value is -2.07. The predicted molar refractivity (Wildman–Crippen MR) is 78.0 cm³/mol. The first-order chi connectivity index (χ1) is 9.22. The van der Waals surface area contributed by atoms with Crippen LogP contribution in [0.3, 0.4) is 0 Å². The predicted octanol–water partition coefficient (Wildman–Crippen LogP) is 2.64. The van der Waals surface area contributed by atoms with Gasteiger partial charge in [-0.3, -0.25) is 0 Å². The van der Waals surface area contributed by atoms with Crippen LogP contribution < -0.4 is 15.8 Å². The van der Waals surface area contributed by atoms with Crippen LogP contribution in [0.15, 0.2) is 36.4 Å². The maximum Gasteiger partial charge on any atom is 0.214 e. The van der Waals surface area contributed by atoms with E-state index < -0.39 is 0 Å². The quantitative estimate of drug-likeness (QED) is 0.864. The standard InChI is InChI=1S/C15H19N3O/c1-11-3-8-14(19-2)18-15(11)17-13-6-4-12(5-7-13)9-10-16/h3-8H,9-10,16H2,1-2H3,(H,17,18). The maximum absolute atomic E-state index is 5.53. The van der Waals surface area contributed by atoms with Crippen molar-refractivity contribution >= 4 is 11.5 Å².